The normalized spacial score (nSPS) is 42.3. The Morgan fingerprint density at radius 2 is 0.684 bits per heavy atom. The van der Waals surface area contributed by atoms with E-state index in [1.807, 2.05) is 37.3 Å². The van der Waals surface area contributed by atoms with E-state index in [4.69, 9.17) is 109 Å². The van der Waals surface area contributed by atoms with Gasteiger partial charge in [-0.25, -0.2) is 0 Å². The molecule has 0 amide bonds. The lowest BCUT2D eigenvalue weighted by Crippen LogP contribution is -2.69. The summed E-state index contributed by atoms with van der Waals surface area (Å²) in [7, 11) is 19.7. The molecule has 1 aromatic carbocycles. The molecular weight excluding hydrogens is 1010 g/mol. The number of rotatable bonds is 29. The number of hydrogen-bond acceptors (Lipinski definition) is 25. The van der Waals surface area contributed by atoms with E-state index in [2.05, 4.69) is 0 Å². The van der Waals surface area contributed by atoms with Crippen LogP contribution in [0.15, 0.2) is 30.3 Å². The molecule has 76 heavy (non-hydrogen) atoms. The van der Waals surface area contributed by atoms with Gasteiger partial charge >= 0.3 is 0 Å². The molecule has 440 valence electrons. The molecule has 5 heterocycles. The minimum absolute atomic E-state index is 0.00288. The highest BCUT2D eigenvalue weighted by atomic mass is 16.8. The van der Waals surface area contributed by atoms with Crippen LogP contribution >= 0.6 is 0 Å². The molecule has 0 saturated carbocycles. The highest BCUT2D eigenvalue weighted by molar-refractivity contribution is 5.13. The van der Waals surface area contributed by atoms with Crippen LogP contribution in [-0.2, 0) is 116 Å². The fraction of sp³-hybridized carbons (Fsp3) is 0.882. The number of aliphatic hydroxyl groups is 2. The van der Waals surface area contributed by atoms with Crippen LogP contribution in [0.25, 0.3) is 0 Å². The lowest BCUT2D eigenvalue weighted by Gasteiger charge is -2.52. The summed E-state index contributed by atoms with van der Waals surface area (Å²) in [6.07, 6.45) is -22.4. The SMILES string of the molecule is COCC1O[C@@H](O[C@H]2C(OC)C(OC)[C@@H](O[C@H]3C(OC)C(OC)[C@H](O[C@@H]4C(COCc5ccccc5)O[C@@H](C)C(OC)[C@H]4OC)O[C@H]3COC)O[C@H]2COC)C(OC)[C@@H](OC)[C@@H]1O[C@H]1OC(CO)[C@@H](O)[C@H](OC)C1OC. The van der Waals surface area contributed by atoms with E-state index in [0.29, 0.717) is 6.61 Å². The van der Waals surface area contributed by atoms with Gasteiger partial charge in [0.15, 0.2) is 25.2 Å². The predicted molar refractivity (Wildman–Crippen MR) is 261 cm³/mol. The molecular formula is C51H86O25. The Hall–Kier alpha value is -1.78. The minimum atomic E-state index is -1.21. The van der Waals surface area contributed by atoms with Gasteiger partial charge in [-0.15, -0.1) is 0 Å². The van der Waals surface area contributed by atoms with Gasteiger partial charge in [-0.2, -0.15) is 0 Å². The topological polar surface area (TPSA) is 253 Å². The molecule has 0 spiro atoms. The molecule has 0 aromatic heterocycles. The van der Waals surface area contributed by atoms with Crippen LogP contribution in [0.2, 0.25) is 0 Å². The van der Waals surface area contributed by atoms with Gasteiger partial charge in [-0.05, 0) is 12.5 Å². The van der Waals surface area contributed by atoms with E-state index in [1.165, 1.54) is 71.1 Å². The van der Waals surface area contributed by atoms with Gasteiger partial charge in [0.2, 0.25) is 0 Å². The summed E-state index contributed by atoms with van der Waals surface area (Å²) in [5.74, 6) is 0. The van der Waals surface area contributed by atoms with Gasteiger partial charge in [-0.1, -0.05) is 30.3 Å². The zero-order chi connectivity index (χ0) is 55.1. The van der Waals surface area contributed by atoms with Crippen molar-refractivity contribution in [1.29, 1.82) is 0 Å². The van der Waals surface area contributed by atoms with E-state index in [1.54, 1.807) is 21.3 Å². The average molecular weight is 1100 g/mol. The van der Waals surface area contributed by atoms with Crippen molar-refractivity contribution in [3.63, 3.8) is 0 Å². The molecule has 0 bridgehead atoms. The molecule has 25 heteroatoms. The van der Waals surface area contributed by atoms with Gasteiger partial charge in [0.25, 0.3) is 0 Å². The molecule has 5 saturated heterocycles. The van der Waals surface area contributed by atoms with Crippen LogP contribution in [-0.4, -0.2) is 289 Å². The quantitative estimate of drug-likeness (QED) is 0.106. The summed E-state index contributed by atoms with van der Waals surface area (Å²) >= 11 is 0. The van der Waals surface area contributed by atoms with Crippen LogP contribution in [0.5, 0.6) is 0 Å². The van der Waals surface area contributed by atoms with Gasteiger partial charge in [0.05, 0.1) is 45.7 Å². The Bertz CT molecular complexity index is 1740. The number of aliphatic hydroxyl groups excluding tert-OH is 2. The fourth-order valence-corrected chi connectivity index (χ4v) is 11.0. The van der Waals surface area contributed by atoms with Crippen LogP contribution in [0, 0.1) is 0 Å². The Kier molecular flexibility index (Phi) is 26.2. The van der Waals surface area contributed by atoms with E-state index < -0.39 is 154 Å². The molecule has 25 atom stereocenters. The third-order valence-corrected chi connectivity index (χ3v) is 14.7. The van der Waals surface area contributed by atoms with Crippen molar-refractivity contribution < 1.29 is 119 Å². The van der Waals surface area contributed by atoms with Crippen LogP contribution in [0.1, 0.15) is 12.5 Å². The summed E-state index contributed by atoms with van der Waals surface area (Å²) in [5.41, 5.74) is 1.00. The van der Waals surface area contributed by atoms with Crippen molar-refractivity contribution >= 4 is 0 Å². The fourth-order valence-electron chi connectivity index (χ4n) is 11.0. The van der Waals surface area contributed by atoms with E-state index in [0.717, 1.165) is 5.56 Å². The molecule has 6 rings (SSSR count). The number of benzene rings is 1. The molecule has 25 nitrogen and oxygen atoms in total. The highest BCUT2D eigenvalue weighted by Crippen LogP contribution is 2.39. The van der Waals surface area contributed by atoms with Crippen molar-refractivity contribution in [3.8, 4) is 0 Å². The number of methoxy groups -OCH3 is 13. The van der Waals surface area contributed by atoms with Crippen molar-refractivity contribution in [3.05, 3.63) is 35.9 Å². The molecule has 2 N–H and O–H groups in total. The lowest BCUT2D eigenvalue weighted by atomic mass is 9.94. The summed E-state index contributed by atoms with van der Waals surface area (Å²) in [5, 5.41) is 21.0. The molecule has 5 aliphatic heterocycles. The zero-order valence-electron chi connectivity index (χ0n) is 46.3. The highest BCUT2D eigenvalue weighted by Gasteiger charge is 2.58. The minimum Gasteiger partial charge on any atom is -0.394 e. The van der Waals surface area contributed by atoms with Crippen LogP contribution in [0.3, 0.4) is 0 Å². The van der Waals surface area contributed by atoms with Crippen molar-refractivity contribution in [2.45, 2.75) is 167 Å². The van der Waals surface area contributed by atoms with Gasteiger partial charge in [0.1, 0.15) is 122 Å². The maximum absolute atomic E-state index is 10.9. The molecule has 0 radical (unpaired) electrons. The maximum atomic E-state index is 10.9. The monoisotopic (exact) mass is 1100 g/mol. The summed E-state index contributed by atoms with van der Waals surface area (Å²) < 4.78 is 143. The van der Waals surface area contributed by atoms with Gasteiger partial charge in [0, 0.05) is 92.4 Å². The molecule has 0 aliphatic carbocycles. The first-order chi connectivity index (χ1) is 36.9. The molecule has 10 unspecified atom stereocenters. The number of ether oxygens (including phenoxy) is 23. The van der Waals surface area contributed by atoms with Crippen LogP contribution in [0.4, 0.5) is 0 Å². The van der Waals surface area contributed by atoms with Crippen molar-refractivity contribution in [2.24, 2.45) is 0 Å². The second-order valence-electron chi connectivity index (χ2n) is 19.0. The van der Waals surface area contributed by atoms with Gasteiger partial charge < -0.3 is 119 Å². The molecule has 5 fully saturated rings. The van der Waals surface area contributed by atoms with Gasteiger partial charge in [-0.3, -0.25) is 0 Å². The van der Waals surface area contributed by atoms with E-state index >= 15 is 0 Å². The Morgan fingerprint density at radius 3 is 1.01 bits per heavy atom. The first-order valence-corrected chi connectivity index (χ1v) is 25.5. The second kappa shape index (κ2) is 31.4. The maximum Gasteiger partial charge on any atom is 0.187 e. The first kappa shape index (κ1) is 63.4. The first-order valence-electron chi connectivity index (χ1n) is 25.5. The third kappa shape index (κ3) is 14.4. The molecule has 1 aromatic rings. The summed E-state index contributed by atoms with van der Waals surface area (Å²) in [4.78, 5) is 0. The zero-order valence-corrected chi connectivity index (χ0v) is 46.3. The average Bonchev–Trinajstić information content (AvgIpc) is 3.43. The number of hydrogen-bond donors (Lipinski definition) is 2. The lowest BCUT2D eigenvalue weighted by molar-refractivity contribution is -0.397. The van der Waals surface area contributed by atoms with Crippen LogP contribution < -0.4 is 0 Å². The largest absolute Gasteiger partial charge is 0.394 e. The Morgan fingerprint density at radius 1 is 0.368 bits per heavy atom. The standard InChI is InChI=1S/C51H86O25/c1-26-34(57-5)40(59-7)38(32(68-26)25-67-21-27-18-16-15-17-19-27)76-51-47(66-14)43(62-10)37(31(72-51)24-56-4)75-50-46(65-13)42(61-9)36(30(71-50)23-55-3)74-49-45(64-12)41(60-8)35(29(70-49)22-54-2)73-48-44(63-11)39(58-6)33(53)28(20-52)69-48/h15-19,26,28-53H,20-25H2,1-14H3/t26-,28?,29?,30-,31-,32?,33+,34?,35+,36+,37+,38+,39-,40+,41-,42?,43?,44?,45?,46?,47?,48+,49-,50+,51-/m0/s1. The third-order valence-electron chi connectivity index (χ3n) is 14.7. The smallest absolute Gasteiger partial charge is 0.187 e. The van der Waals surface area contributed by atoms with Crippen molar-refractivity contribution in [2.75, 3.05) is 125 Å². The van der Waals surface area contributed by atoms with E-state index in [-0.39, 0.29) is 32.5 Å². The Labute approximate surface area is 446 Å². The Balaban J connectivity index is 1.23. The predicted octanol–water partition coefficient (Wildman–Crippen LogP) is -0.127. The molecule has 5 aliphatic rings. The van der Waals surface area contributed by atoms with E-state index in [9.17, 15) is 10.2 Å². The summed E-state index contributed by atoms with van der Waals surface area (Å²) in [6, 6.07) is 9.83. The summed E-state index contributed by atoms with van der Waals surface area (Å²) in [6.45, 7) is 1.95. The van der Waals surface area contributed by atoms with Crippen molar-refractivity contribution in [1.82, 2.24) is 0 Å². The second-order valence-corrected chi connectivity index (χ2v) is 19.0.